The quantitative estimate of drug-likeness (QED) is 0.914. The van der Waals surface area contributed by atoms with Crippen molar-refractivity contribution >= 4 is 22.9 Å². The number of hydrogen-bond acceptors (Lipinski definition) is 2. The lowest BCUT2D eigenvalue weighted by Gasteiger charge is -2.12. The van der Waals surface area contributed by atoms with Gasteiger partial charge in [0, 0.05) is 22.8 Å². The van der Waals surface area contributed by atoms with E-state index < -0.39 is 12.3 Å². The van der Waals surface area contributed by atoms with Crippen molar-refractivity contribution in [2.45, 2.75) is 18.8 Å². The topological polar surface area (TPSA) is 25.2 Å². The van der Waals surface area contributed by atoms with Crippen LogP contribution in [0, 0.1) is 0 Å². The van der Waals surface area contributed by atoms with Crippen molar-refractivity contribution in [2.75, 3.05) is 0 Å². The Labute approximate surface area is 110 Å². The van der Waals surface area contributed by atoms with E-state index in [2.05, 4.69) is 0 Å². The molecule has 0 aliphatic rings. The Morgan fingerprint density at radius 1 is 1.33 bits per heavy atom. The van der Waals surface area contributed by atoms with Gasteiger partial charge in [0.1, 0.15) is 0 Å². The Hall–Kier alpha value is -0.980. The first-order valence-corrected chi connectivity index (χ1v) is 6.20. The van der Waals surface area contributed by atoms with Gasteiger partial charge in [-0.15, -0.1) is 11.3 Å². The molecule has 2 rings (SSSR count). The van der Waals surface area contributed by atoms with Gasteiger partial charge >= 0.3 is 6.18 Å². The minimum atomic E-state index is -4.64. The standard InChI is InChI=1S/C11H9ClF3NOS/c12-9-2-1-8(18-9)6-16-4-3-7(5-16)10(17)11(13,14)15/h1-5,10,17H,6H2. The summed E-state index contributed by atoms with van der Waals surface area (Å²) in [6.45, 7) is 0.433. The number of halogens is 4. The Morgan fingerprint density at radius 3 is 2.61 bits per heavy atom. The van der Waals surface area contributed by atoms with Crippen LogP contribution < -0.4 is 0 Å². The highest BCUT2D eigenvalue weighted by molar-refractivity contribution is 7.16. The number of nitrogens with zero attached hydrogens (tertiary/aromatic N) is 1. The van der Waals surface area contributed by atoms with Crippen molar-refractivity contribution in [3.63, 3.8) is 0 Å². The fraction of sp³-hybridized carbons (Fsp3) is 0.273. The molecule has 0 bridgehead atoms. The van der Waals surface area contributed by atoms with Crippen LogP contribution in [0.5, 0.6) is 0 Å². The van der Waals surface area contributed by atoms with Gasteiger partial charge in [-0.25, -0.2) is 0 Å². The van der Waals surface area contributed by atoms with Crippen LogP contribution in [0.25, 0.3) is 0 Å². The lowest BCUT2D eigenvalue weighted by atomic mass is 10.2. The summed E-state index contributed by atoms with van der Waals surface area (Å²) in [6, 6.07) is 4.80. The molecule has 1 N–H and O–H groups in total. The molecule has 0 radical (unpaired) electrons. The second kappa shape index (κ2) is 4.95. The number of alkyl halides is 3. The maximum Gasteiger partial charge on any atom is 0.418 e. The first-order valence-electron chi connectivity index (χ1n) is 5.01. The number of rotatable bonds is 3. The van der Waals surface area contributed by atoms with Crippen molar-refractivity contribution < 1.29 is 18.3 Å². The average molecular weight is 296 g/mol. The van der Waals surface area contributed by atoms with E-state index in [4.69, 9.17) is 16.7 Å². The van der Waals surface area contributed by atoms with E-state index in [1.165, 1.54) is 29.8 Å². The third-order valence-electron chi connectivity index (χ3n) is 2.37. The molecule has 0 amide bonds. The van der Waals surface area contributed by atoms with E-state index in [1.54, 1.807) is 10.6 Å². The van der Waals surface area contributed by atoms with E-state index in [0.29, 0.717) is 10.9 Å². The summed E-state index contributed by atoms with van der Waals surface area (Å²) in [6.07, 6.45) is -4.30. The van der Waals surface area contributed by atoms with Gasteiger partial charge in [-0.05, 0) is 18.2 Å². The second-order valence-corrected chi connectivity index (χ2v) is 5.57. The fourth-order valence-corrected chi connectivity index (χ4v) is 2.62. The fourth-order valence-electron chi connectivity index (χ4n) is 1.53. The summed E-state index contributed by atoms with van der Waals surface area (Å²) in [5.74, 6) is 0. The number of aromatic nitrogens is 1. The molecule has 0 saturated heterocycles. The van der Waals surface area contributed by atoms with Gasteiger partial charge in [0.2, 0.25) is 0 Å². The van der Waals surface area contributed by atoms with Crippen LogP contribution >= 0.6 is 22.9 Å². The third kappa shape index (κ3) is 3.07. The highest BCUT2D eigenvalue weighted by Crippen LogP contribution is 2.32. The summed E-state index contributed by atoms with van der Waals surface area (Å²) in [5.41, 5.74) is -0.162. The van der Waals surface area contributed by atoms with Gasteiger partial charge in [0.05, 0.1) is 10.9 Å². The van der Waals surface area contributed by atoms with Crippen LogP contribution in [0.15, 0.2) is 30.6 Å². The van der Waals surface area contributed by atoms with Crippen LogP contribution in [0.3, 0.4) is 0 Å². The van der Waals surface area contributed by atoms with Crippen molar-refractivity contribution in [3.05, 3.63) is 45.4 Å². The molecule has 1 atom stereocenters. The third-order valence-corrected chi connectivity index (χ3v) is 3.58. The normalized spacial score (nSPS) is 13.8. The second-order valence-electron chi connectivity index (χ2n) is 3.77. The highest BCUT2D eigenvalue weighted by atomic mass is 35.5. The SMILES string of the molecule is OC(c1ccn(Cc2ccc(Cl)s2)c1)C(F)(F)F. The maximum atomic E-state index is 12.3. The summed E-state index contributed by atoms with van der Waals surface area (Å²) in [5, 5.41) is 9.08. The van der Waals surface area contributed by atoms with Gasteiger partial charge in [0.25, 0.3) is 0 Å². The Balaban J connectivity index is 2.11. The molecule has 7 heteroatoms. The molecule has 0 aromatic carbocycles. The molecule has 2 aromatic rings. The number of aliphatic hydroxyl groups excluding tert-OH is 1. The molecule has 0 fully saturated rings. The predicted octanol–water partition coefficient (Wildman–Crippen LogP) is 3.85. The van der Waals surface area contributed by atoms with Crippen molar-refractivity contribution in [2.24, 2.45) is 0 Å². The molecule has 0 aliphatic carbocycles. The van der Waals surface area contributed by atoms with Crippen molar-refractivity contribution in [1.29, 1.82) is 0 Å². The molecular formula is C11H9ClF3NOS. The van der Waals surface area contributed by atoms with Crippen LogP contribution in [-0.4, -0.2) is 15.8 Å². The van der Waals surface area contributed by atoms with Gasteiger partial charge in [0.15, 0.2) is 6.10 Å². The van der Waals surface area contributed by atoms with Gasteiger partial charge in [-0.3, -0.25) is 0 Å². The summed E-state index contributed by atoms with van der Waals surface area (Å²) in [7, 11) is 0. The molecule has 0 saturated carbocycles. The molecule has 0 spiro atoms. The van der Waals surface area contributed by atoms with Crippen LogP contribution in [0.2, 0.25) is 4.34 Å². The largest absolute Gasteiger partial charge is 0.418 e. The smallest absolute Gasteiger partial charge is 0.379 e. The van der Waals surface area contributed by atoms with Gasteiger partial charge in [-0.2, -0.15) is 13.2 Å². The zero-order valence-electron chi connectivity index (χ0n) is 8.99. The minimum absolute atomic E-state index is 0.162. The van der Waals surface area contributed by atoms with Crippen molar-refractivity contribution in [3.8, 4) is 0 Å². The number of hydrogen-bond donors (Lipinski definition) is 1. The summed E-state index contributed by atoms with van der Waals surface area (Å²) >= 11 is 7.13. The zero-order chi connectivity index (χ0) is 13.3. The average Bonchev–Trinajstić information content (AvgIpc) is 2.86. The van der Waals surface area contributed by atoms with E-state index >= 15 is 0 Å². The minimum Gasteiger partial charge on any atom is -0.379 e. The van der Waals surface area contributed by atoms with Crippen LogP contribution in [0.1, 0.15) is 16.5 Å². The van der Waals surface area contributed by atoms with E-state index in [9.17, 15) is 13.2 Å². The van der Waals surface area contributed by atoms with Gasteiger partial charge < -0.3 is 9.67 Å². The van der Waals surface area contributed by atoms with E-state index in [1.807, 2.05) is 6.07 Å². The molecule has 0 aliphatic heterocycles. The van der Waals surface area contributed by atoms with Crippen LogP contribution in [-0.2, 0) is 6.54 Å². The van der Waals surface area contributed by atoms with E-state index in [0.717, 1.165) is 4.88 Å². The first kappa shape index (κ1) is 13.5. The van der Waals surface area contributed by atoms with Crippen molar-refractivity contribution in [1.82, 2.24) is 4.57 Å². The Kier molecular flexibility index (Phi) is 3.70. The Bertz CT molecular complexity index is 534. The molecule has 2 aromatic heterocycles. The number of aliphatic hydroxyl groups is 1. The highest BCUT2D eigenvalue weighted by Gasteiger charge is 2.39. The maximum absolute atomic E-state index is 12.3. The lowest BCUT2D eigenvalue weighted by molar-refractivity contribution is -0.206. The lowest BCUT2D eigenvalue weighted by Crippen LogP contribution is -2.19. The number of thiophene rings is 1. The van der Waals surface area contributed by atoms with Gasteiger partial charge in [-0.1, -0.05) is 11.6 Å². The molecule has 98 valence electrons. The molecular weight excluding hydrogens is 287 g/mol. The first-order chi connectivity index (χ1) is 8.36. The molecule has 2 heterocycles. The molecule has 18 heavy (non-hydrogen) atoms. The molecule has 2 nitrogen and oxygen atoms in total. The molecule has 1 unspecified atom stereocenters. The predicted molar refractivity (Wildman–Crippen MR) is 63.9 cm³/mol. The van der Waals surface area contributed by atoms with Crippen LogP contribution in [0.4, 0.5) is 13.2 Å². The Morgan fingerprint density at radius 2 is 2.06 bits per heavy atom. The summed E-state index contributed by atoms with van der Waals surface area (Å²) < 4.78 is 39.1. The van der Waals surface area contributed by atoms with E-state index in [-0.39, 0.29) is 5.56 Å². The monoisotopic (exact) mass is 295 g/mol. The zero-order valence-corrected chi connectivity index (χ0v) is 10.6. The summed E-state index contributed by atoms with van der Waals surface area (Å²) in [4.78, 5) is 0.934.